The molecule has 0 aliphatic rings. The van der Waals surface area contributed by atoms with Crippen molar-refractivity contribution in [1.29, 1.82) is 0 Å². The molecular weight excluding hydrogens is 682 g/mol. The maximum absolute atomic E-state index is 14.7. The van der Waals surface area contributed by atoms with Crippen LogP contribution in [0, 0.1) is 0 Å². The van der Waals surface area contributed by atoms with E-state index in [0.717, 1.165) is 19.9 Å². The van der Waals surface area contributed by atoms with Crippen molar-refractivity contribution in [3.8, 4) is 11.5 Å². The van der Waals surface area contributed by atoms with Crippen LogP contribution in [0.25, 0.3) is 0 Å². The van der Waals surface area contributed by atoms with Crippen molar-refractivity contribution < 1.29 is 27.5 Å². The summed E-state index contributed by atoms with van der Waals surface area (Å²) in [7, 11) is -1.42. The van der Waals surface area contributed by atoms with E-state index in [0.29, 0.717) is 5.75 Å². The van der Waals surface area contributed by atoms with Gasteiger partial charge in [0.05, 0.1) is 24.8 Å². The third-order valence-electron chi connectivity index (χ3n) is 7.30. The van der Waals surface area contributed by atoms with Gasteiger partial charge in [0.1, 0.15) is 24.1 Å². The Labute approximate surface area is 285 Å². The number of sulfonamides is 1. The van der Waals surface area contributed by atoms with E-state index < -0.39 is 34.1 Å². The summed E-state index contributed by atoms with van der Waals surface area (Å²) in [4.78, 5) is 30.2. The molecule has 11 heteroatoms. The highest BCUT2D eigenvalue weighted by atomic mass is 79.9. The van der Waals surface area contributed by atoms with Crippen molar-refractivity contribution in [2.24, 2.45) is 0 Å². The molecule has 1 N–H and O–H groups in total. The Morgan fingerprint density at radius 2 is 1.45 bits per heavy atom. The first-order valence-electron chi connectivity index (χ1n) is 15.0. The first-order chi connectivity index (χ1) is 22.3. The van der Waals surface area contributed by atoms with Crippen molar-refractivity contribution in [3.05, 3.63) is 119 Å². The Balaban J connectivity index is 1.87. The van der Waals surface area contributed by atoms with Gasteiger partial charge in [-0.1, -0.05) is 76.6 Å². The van der Waals surface area contributed by atoms with E-state index in [1.165, 1.54) is 37.3 Å². The van der Waals surface area contributed by atoms with Gasteiger partial charge in [-0.3, -0.25) is 13.9 Å². The predicted octanol–water partition coefficient (Wildman–Crippen LogP) is 6.22. The highest BCUT2D eigenvalue weighted by molar-refractivity contribution is 9.10. The maximum Gasteiger partial charge on any atom is 0.264 e. The van der Waals surface area contributed by atoms with Gasteiger partial charge in [-0.05, 0) is 68.3 Å². The normalized spacial score (nSPS) is 12.1. The second-order valence-corrected chi connectivity index (χ2v) is 14.7. The Morgan fingerprint density at radius 3 is 2.02 bits per heavy atom. The van der Waals surface area contributed by atoms with Crippen molar-refractivity contribution in [2.75, 3.05) is 25.1 Å². The monoisotopic (exact) mass is 721 g/mol. The third-order valence-corrected chi connectivity index (χ3v) is 9.60. The zero-order valence-corrected chi connectivity index (χ0v) is 29.5. The zero-order chi connectivity index (χ0) is 34.2. The Bertz CT molecular complexity index is 1760. The topological polar surface area (TPSA) is 105 Å². The summed E-state index contributed by atoms with van der Waals surface area (Å²) in [5.74, 6) is -0.339. The summed E-state index contributed by atoms with van der Waals surface area (Å²) in [5, 5.41) is 3.04. The summed E-state index contributed by atoms with van der Waals surface area (Å²) >= 11 is 3.46. The molecule has 0 aromatic heterocycles. The minimum atomic E-state index is -4.31. The van der Waals surface area contributed by atoms with Gasteiger partial charge in [0.15, 0.2) is 0 Å². The molecular formula is C36H40BrN3O6S. The van der Waals surface area contributed by atoms with Crippen molar-refractivity contribution in [1.82, 2.24) is 10.2 Å². The Hall–Kier alpha value is -4.35. The van der Waals surface area contributed by atoms with Gasteiger partial charge < -0.3 is 19.7 Å². The van der Waals surface area contributed by atoms with E-state index in [9.17, 15) is 18.0 Å². The van der Waals surface area contributed by atoms with Gasteiger partial charge in [-0.25, -0.2) is 8.42 Å². The van der Waals surface area contributed by atoms with E-state index in [1.807, 2.05) is 75.4 Å². The van der Waals surface area contributed by atoms with Crippen LogP contribution in [-0.4, -0.2) is 57.5 Å². The smallest absolute Gasteiger partial charge is 0.264 e. The number of rotatable bonds is 13. The fourth-order valence-corrected chi connectivity index (χ4v) is 6.72. The van der Waals surface area contributed by atoms with Crippen LogP contribution in [-0.2, 0) is 32.6 Å². The molecule has 4 aromatic rings. The minimum absolute atomic E-state index is 0.0107. The molecule has 1 atom stereocenters. The van der Waals surface area contributed by atoms with Gasteiger partial charge in [-0.15, -0.1) is 0 Å². The van der Waals surface area contributed by atoms with E-state index >= 15 is 0 Å². The van der Waals surface area contributed by atoms with Crippen LogP contribution >= 0.6 is 15.9 Å². The number of carbonyl (C=O) groups excluding carboxylic acids is 2. The number of nitrogens with one attached hydrogen (secondary N) is 1. The van der Waals surface area contributed by atoms with Crippen molar-refractivity contribution in [2.45, 2.75) is 50.2 Å². The molecule has 0 aliphatic heterocycles. The van der Waals surface area contributed by atoms with Crippen LogP contribution in [0.15, 0.2) is 112 Å². The average Bonchev–Trinajstić information content (AvgIpc) is 3.05. The predicted molar refractivity (Wildman–Crippen MR) is 187 cm³/mol. The number of methoxy groups -OCH3 is 2. The second kappa shape index (κ2) is 15.5. The van der Waals surface area contributed by atoms with Crippen LogP contribution in [0.5, 0.6) is 11.5 Å². The molecule has 47 heavy (non-hydrogen) atoms. The molecule has 248 valence electrons. The molecule has 4 rings (SSSR count). The minimum Gasteiger partial charge on any atom is -0.497 e. The lowest BCUT2D eigenvalue weighted by atomic mass is 10.0. The summed E-state index contributed by atoms with van der Waals surface area (Å²) in [5.41, 5.74) is 1.14. The Kier molecular flexibility index (Phi) is 11.7. The van der Waals surface area contributed by atoms with Crippen LogP contribution in [0.3, 0.4) is 0 Å². The van der Waals surface area contributed by atoms with Gasteiger partial charge >= 0.3 is 0 Å². The van der Waals surface area contributed by atoms with Gasteiger partial charge in [0.25, 0.3) is 10.0 Å². The fraction of sp³-hybridized carbons (Fsp3) is 0.278. The summed E-state index contributed by atoms with van der Waals surface area (Å²) in [6.45, 7) is 5.04. The summed E-state index contributed by atoms with van der Waals surface area (Å²) < 4.78 is 41.5. The molecule has 0 bridgehead atoms. The van der Waals surface area contributed by atoms with Crippen molar-refractivity contribution in [3.63, 3.8) is 0 Å². The highest BCUT2D eigenvalue weighted by Gasteiger charge is 2.36. The van der Waals surface area contributed by atoms with E-state index in [4.69, 9.17) is 9.47 Å². The quantitative estimate of drug-likeness (QED) is 0.176. The number of benzene rings is 4. The summed E-state index contributed by atoms with van der Waals surface area (Å²) in [6.07, 6.45) is 0.207. The number of ether oxygens (including phenoxy) is 2. The number of anilines is 1. The highest BCUT2D eigenvalue weighted by Crippen LogP contribution is 2.36. The summed E-state index contributed by atoms with van der Waals surface area (Å²) in [6, 6.07) is 28.5. The molecule has 0 heterocycles. The van der Waals surface area contributed by atoms with Crippen LogP contribution in [0.1, 0.15) is 31.9 Å². The number of halogens is 1. The van der Waals surface area contributed by atoms with Gasteiger partial charge in [-0.2, -0.15) is 0 Å². The molecule has 0 saturated heterocycles. The lowest BCUT2D eigenvalue weighted by Gasteiger charge is -2.35. The third kappa shape index (κ3) is 9.36. The maximum atomic E-state index is 14.7. The number of amides is 2. The molecule has 0 radical (unpaired) electrons. The zero-order valence-electron chi connectivity index (χ0n) is 27.1. The van der Waals surface area contributed by atoms with Crippen LogP contribution in [0.4, 0.5) is 5.69 Å². The van der Waals surface area contributed by atoms with E-state index in [1.54, 1.807) is 30.3 Å². The van der Waals surface area contributed by atoms with Crippen LogP contribution in [0.2, 0.25) is 0 Å². The standard InChI is InChI=1S/C36H40BrN3O6S/c1-36(2,3)38-35(42)32(22-26-12-8-6-9-13-26)39(24-27-16-18-28(37)19-17-27)34(41)25-40(47(43,44)30-14-10-7-11-15-30)31-23-29(45-4)20-21-33(31)46-5/h6-21,23,32H,22,24-25H2,1-5H3,(H,38,42)/t32-/m0/s1. The SMILES string of the molecule is COc1ccc(OC)c(N(CC(=O)N(Cc2ccc(Br)cc2)[C@@H](Cc2ccccc2)C(=O)NC(C)(C)C)S(=O)(=O)c2ccccc2)c1. The molecule has 0 aliphatic carbocycles. The molecule has 0 unspecified atom stereocenters. The average molecular weight is 723 g/mol. The lowest BCUT2D eigenvalue weighted by molar-refractivity contribution is -0.140. The molecule has 0 spiro atoms. The van der Waals surface area contributed by atoms with Gasteiger partial charge in [0, 0.05) is 29.0 Å². The number of carbonyl (C=O) groups is 2. The molecule has 0 fully saturated rings. The molecule has 9 nitrogen and oxygen atoms in total. The number of nitrogens with zero attached hydrogens (tertiary/aromatic N) is 2. The number of hydrogen-bond acceptors (Lipinski definition) is 6. The number of hydrogen-bond donors (Lipinski definition) is 1. The van der Waals surface area contributed by atoms with Crippen LogP contribution < -0.4 is 19.1 Å². The Morgan fingerprint density at radius 1 is 0.830 bits per heavy atom. The van der Waals surface area contributed by atoms with E-state index in [2.05, 4.69) is 21.2 Å². The lowest BCUT2D eigenvalue weighted by Crippen LogP contribution is -2.56. The van der Waals surface area contributed by atoms with Gasteiger partial charge in [0.2, 0.25) is 11.8 Å². The first-order valence-corrected chi connectivity index (χ1v) is 17.3. The largest absolute Gasteiger partial charge is 0.497 e. The van der Waals surface area contributed by atoms with Crippen molar-refractivity contribution >= 4 is 43.5 Å². The fourth-order valence-electron chi connectivity index (χ4n) is 5.02. The molecule has 0 saturated carbocycles. The molecule has 2 amide bonds. The second-order valence-electron chi connectivity index (χ2n) is 12.0. The molecule has 4 aromatic carbocycles. The van der Waals surface area contributed by atoms with E-state index in [-0.39, 0.29) is 35.2 Å². The first kappa shape index (κ1) is 35.5.